The van der Waals surface area contributed by atoms with Crippen molar-refractivity contribution in [3.63, 3.8) is 0 Å². The highest BCUT2D eigenvalue weighted by Gasteiger charge is 2.18. The quantitative estimate of drug-likeness (QED) is 0.466. The summed E-state index contributed by atoms with van der Waals surface area (Å²) in [6.07, 6.45) is 0. The molecule has 0 amide bonds. The topological polar surface area (TPSA) is 117 Å². The van der Waals surface area contributed by atoms with Gasteiger partial charge in [-0.15, -0.1) is 0 Å². The molecule has 3 N–H and O–H groups in total. The molecule has 27 heavy (non-hydrogen) atoms. The molecule has 0 saturated carbocycles. The van der Waals surface area contributed by atoms with Crippen LogP contribution in [0.15, 0.2) is 39.0 Å². The van der Waals surface area contributed by atoms with Gasteiger partial charge in [-0.3, -0.25) is 14.3 Å². The summed E-state index contributed by atoms with van der Waals surface area (Å²) in [5.41, 5.74) is 3.58. The number of aromatic amines is 1. The first-order chi connectivity index (χ1) is 12.8. The highest BCUT2D eigenvalue weighted by molar-refractivity contribution is 6.01. The van der Waals surface area contributed by atoms with Crippen LogP contribution in [0.2, 0.25) is 0 Å². The van der Waals surface area contributed by atoms with Crippen LogP contribution in [-0.4, -0.2) is 29.9 Å². The molecule has 0 saturated heterocycles. The minimum Gasteiger partial charge on any atom is -0.507 e. The van der Waals surface area contributed by atoms with E-state index in [4.69, 9.17) is 0 Å². The van der Waals surface area contributed by atoms with E-state index in [9.17, 15) is 14.7 Å². The summed E-state index contributed by atoms with van der Waals surface area (Å²) in [6.45, 7) is 6.30. The number of aromatic nitrogens is 4. The maximum absolute atomic E-state index is 12.3. The van der Waals surface area contributed by atoms with Crippen LogP contribution in [0.1, 0.15) is 26.3 Å². The Hall–Kier alpha value is -3.36. The van der Waals surface area contributed by atoms with Crippen LogP contribution in [0.5, 0.6) is 5.75 Å². The van der Waals surface area contributed by atoms with Gasteiger partial charge < -0.3 is 9.67 Å². The number of rotatable bonds is 5. The van der Waals surface area contributed by atoms with E-state index in [1.54, 1.807) is 42.8 Å². The second kappa shape index (κ2) is 7.10. The molecule has 3 aromatic rings. The Morgan fingerprint density at radius 3 is 2.70 bits per heavy atom. The van der Waals surface area contributed by atoms with Gasteiger partial charge in [0.15, 0.2) is 11.2 Å². The number of phenolic OH excluding ortho intramolecular Hbond substituents is 1. The summed E-state index contributed by atoms with van der Waals surface area (Å²) in [4.78, 5) is 30.9. The molecule has 0 atom stereocenters. The number of hydrogen-bond acceptors (Lipinski definition) is 6. The Morgan fingerprint density at radius 2 is 2.04 bits per heavy atom. The molecule has 142 valence electrons. The van der Waals surface area contributed by atoms with Crippen LogP contribution in [0, 0.1) is 5.92 Å². The Kier molecular flexibility index (Phi) is 4.85. The first-order valence-electron chi connectivity index (χ1n) is 8.57. The molecule has 3 rings (SSSR count). The van der Waals surface area contributed by atoms with Crippen molar-refractivity contribution in [3.05, 3.63) is 50.7 Å². The molecular formula is C18H22N6O3. The molecule has 0 aliphatic heterocycles. The molecule has 2 aromatic heterocycles. The summed E-state index contributed by atoms with van der Waals surface area (Å²) in [5, 5.41) is 14.3. The Balaban J connectivity index is 2.11. The largest absolute Gasteiger partial charge is 0.507 e. The fourth-order valence-electron chi connectivity index (χ4n) is 2.84. The van der Waals surface area contributed by atoms with Crippen molar-refractivity contribution in [2.24, 2.45) is 18.1 Å². The number of phenols is 1. The second-order valence-corrected chi connectivity index (χ2v) is 6.76. The lowest BCUT2D eigenvalue weighted by Crippen LogP contribution is -2.29. The van der Waals surface area contributed by atoms with Crippen LogP contribution in [-0.2, 0) is 13.6 Å². The zero-order valence-electron chi connectivity index (χ0n) is 15.6. The van der Waals surface area contributed by atoms with Crippen LogP contribution < -0.4 is 16.7 Å². The molecule has 0 radical (unpaired) electrons. The van der Waals surface area contributed by atoms with Gasteiger partial charge in [-0.05, 0) is 25.0 Å². The summed E-state index contributed by atoms with van der Waals surface area (Å²) >= 11 is 0. The summed E-state index contributed by atoms with van der Waals surface area (Å²) in [6, 6.07) is 6.87. The predicted molar refractivity (Wildman–Crippen MR) is 104 cm³/mol. The molecule has 0 unspecified atom stereocenters. The smallest absolute Gasteiger partial charge is 0.329 e. The standard InChI is InChI=1S/C18H22N6O3/c1-10(2)9-24-14-15(23(4)18(27)20-16(14)26)19-17(24)22-21-11(3)12-7-5-6-8-13(12)25/h5-8,10,25H,9H2,1-4H3,(H,19,22)(H,20,26,27)/b21-11+. The highest BCUT2D eigenvalue weighted by atomic mass is 16.3. The fraction of sp³-hybridized carbons (Fsp3) is 0.333. The number of hydrogen-bond donors (Lipinski definition) is 3. The molecule has 9 heteroatoms. The summed E-state index contributed by atoms with van der Waals surface area (Å²) in [7, 11) is 1.55. The van der Waals surface area contributed by atoms with Gasteiger partial charge >= 0.3 is 5.69 Å². The van der Waals surface area contributed by atoms with Gasteiger partial charge in [0.25, 0.3) is 5.56 Å². The van der Waals surface area contributed by atoms with E-state index in [0.717, 1.165) is 0 Å². The van der Waals surface area contributed by atoms with E-state index >= 15 is 0 Å². The van der Waals surface area contributed by atoms with E-state index in [0.29, 0.717) is 29.3 Å². The van der Waals surface area contributed by atoms with Crippen molar-refractivity contribution in [2.45, 2.75) is 27.3 Å². The number of H-pyrrole nitrogens is 1. The third-order valence-corrected chi connectivity index (χ3v) is 4.17. The number of nitrogens with one attached hydrogen (secondary N) is 2. The van der Waals surface area contributed by atoms with E-state index in [-0.39, 0.29) is 17.3 Å². The number of imidazole rings is 1. The van der Waals surface area contributed by atoms with Gasteiger partial charge in [-0.2, -0.15) is 10.1 Å². The Morgan fingerprint density at radius 1 is 1.33 bits per heavy atom. The number of nitrogens with zero attached hydrogens (tertiary/aromatic N) is 4. The Bertz CT molecular complexity index is 1140. The molecule has 1 aromatic carbocycles. The van der Waals surface area contributed by atoms with Crippen LogP contribution in [0.25, 0.3) is 11.2 Å². The third-order valence-electron chi connectivity index (χ3n) is 4.17. The predicted octanol–water partition coefficient (Wildman–Crippen LogP) is 1.62. The SMILES string of the molecule is C/C(=N\Nc1nc2c(c(=O)[nH]c(=O)n2C)n1CC(C)C)c1ccccc1O. The second-order valence-electron chi connectivity index (χ2n) is 6.76. The van der Waals surface area contributed by atoms with Crippen LogP contribution in [0.3, 0.4) is 0 Å². The molecule has 2 heterocycles. The number of aryl methyl sites for hydroxylation is 1. The van der Waals surface area contributed by atoms with Crippen molar-refractivity contribution in [1.82, 2.24) is 19.1 Å². The first-order valence-corrected chi connectivity index (χ1v) is 8.57. The maximum Gasteiger partial charge on any atom is 0.329 e. The zero-order valence-corrected chi connectivity index (χ0v) is 15.6. The van der Waals surface area contributed by atoms with Gasteiger partial charge in [0.05, 0.1) is 5.71 Å². The lowest BCUT2D eigenvalue weighted by atomic mass is 10.1. The lowest BCUT2D eigenvalue weighted by molar-refractivity contribution is 0.474. The van der Waals surface area contributed by atoms with Crippen molar-refractivity contribution in [2.75, 3.05) is 5.43 Å². The van der Waals surface area contributed by atoms with Crippen LogP contribution >= 0.6 is 0 Å². The van der Waals surface area contributed by atoms with E-state index in [1.807, 2.05) is 13.8 Å². The van der Waals surface area contributed by atoms with Crippen molar-refractivity contribution in [3.8, 4) is 5.75 Å². The molecule has 9 nitrogen and oxygen atoms in total. The van der Waals surface area contributed by atoms with Crippen molar-refractivity contribution >= 4 is 22.8 Å². The average molecular weight is 370 g/mol. The Labute approximate surface area is 155 Å². The minimum absolute atomic E-state index is 0.120. The molecule has 0 aliphatic rings. The van der Waals surface area contributed by atoms with Crippen molar-refractivity contribution in [1.29, 1.82) is 0 Å². The van der Waals surface area contributed by atoms with Crippen molar-refractivity contribution < 1.29 is 5.11 Å². The normalized spacial score (nSPS) is 12.1. The summed E-state index contributed by atoms with van der Waals surface area (Å²) in [5.74, 6) is 0.707. The zero-order chi connectivity index (χ0) is 19.7. The maximum atomic E-state index is 12.3. The van der Waals surface area contributed by atoms with Crippen LogP contribution in [0.4, 0.5) is 5.95 Å². The number of fused-ring (bicyclic) bond motifs is 1. The number of anilines is 1. The van der Waals surface area contributed by atoms with Gasteiger partial charge in [-0.25, -0.2) is 10.2 Å². The summed E-state index contributed by atoms with van der Waals surface area (Å²) < 4.78 is 3.00. The van der Waals surface area contributed by atoms with Gasteiger partial charge in [0, 0.05) is 19.2 Å². The van der Waals surface area contributed by atoms with E-state index in [1.165, 1.54) is 4.57 Å². The molecular weight excluding hydrogens is 348 g/mol. The van der Waals surface area contributed by atoms with E-state index in [2.05, 4.69) is 20.5 Å². The number of aromatic hydroxyl groups is 1. The molecule has 0 fully saturated rings. The monoisotopic (exact) mass is 370 g/mol. The number of para-hydroxylation sites is 1. The first kappa shape index (κ1) is 18.4. The third kappa shape index (κ3) is 3.48. The molecule has 0 spiro atoms. The fourth-order valence-corrected chi connectivity index (χ4v) is 2.84. The number of benzene rings is 1. The molecule has 0 bridgehead atoms. The number of hydrazone groups is 1. The van der Waals surface area contributed by atoms with E-state index < -0.39 is 11.2 Å². The molecule has 0 aliphatic carbocycles. The highest BCUT2D eigenvalue weighted by Crippen LogP contribution is 2.19. The lowest BCUT2D eigenvalue weighted by Gasteiger charge is -2.11. The van der Waals surface area contributed by atoms with Gasteiger partial charge in [0.2, 0.25) is 5.95 Å². The van der Waals surface area contributed by atoms with Gasteiger partial charge in [0.1, 0.15) is 5.75 Å². The minimum atomic E-state index is -0.526. The van der Waals surface area contributed by atoms with Gasteiger partial charge in [-0.1, -0.05) is 26.0 Å². The average Bonchev–Trinajstić information content (AvgIpc) is 2.96.